The third kappa shape index (κ3) is 3.87. The summed E-state index contributed by atoms with van der Waals surface area (Å²) in [5.74, 6) is -0.166. The van der Waals surface area contributed by atoms with Gasteiger partial charge in [-0.15, -0.1) is 0 Å². The molecule has 3 aromatic heterocycles. The van der Waals surface area contributed by atoms with Crippen molar-refractivity contribution in [3.8, 4) is 0 Å². The summed E-state index contributed by atoms with van der Waals surface area (Å²) in [6.07, 6.45) is 4.63. The lowest BCUT2D eigenvalue weighted by Crippen LogP contribution is -2.26. The van der Waals surface area contributed by atoms with Gasteiger partial charge in [-0.2, -0.15) is 0 Å². The normalized spacial score (nSPS) is 12.7. The maximum Gasteiger partial charge on any atom is 0.255 e. The highest BCUT2D eigenvalue weighted by Crippen LogP contribution is 2.22. The van der Waals surface area contributed by atoms with Gasteiger partial charge in [0.1, 0.15) is 17.0 Å². The third-order valence-electron chi connectivity index (χ3n) is 4.83. The lowest BCUT2D eigenvalue weighted by atomic mass is 10.0. The Kier molecular flexibility index (Phi) is 5.44. The number of aliphatic imine (C=N–C) groups is 1. The fourth-order valence-corrected chi connectivity index (χ4v) is 3.28. The number of nitrogens with one attached hydrogen (secondary N) is 3. The Labute approximate surface area is 176 Å². The van der Waals surface area contributed by atoms with Gasteiger partial charge in [-0.05, 0) is 25.1 Å². The number of rotatable bonds is 6. The van der Waals surface area contributed by atoms with Crippen molar-refractivity contribution in [2.24, 2.45) is 4.99 Å². The molecule has 0 radical (unpaired) electrons. The van der Waals surface area contributed by atoms with Gasteiger partial charge in [-0.3, -0.25) is 9.79 Å². The number of benzene rings is 1. The number of H-pyrrole nitrogens is 1. The van der Waals surface area contributed by atoms with E-state index in [4.69, 9.17) is 4.52 Å². The Morgan fingerprint density at radius 3 is 2.84 bits per heavy atom. The van der Waals surface area contributed by atoms with Gasteiger partial charge >= 0.3 is 0 Å². The van der Waals surface area contributed by atoms with Crippen LogP contribution < -0.4 is 10.6 Å². The van der Waals surface area contributed by atoms with E-state index in [0.29, 0.717) is 45.1 Å². The second-order valence-electron chi connectivity index (χ2n) is 6.78. The highest BCUT2D eigenvalue weighted by atomic mass is 19.1. The second-order valence-corrected chi connectivity index (χ2v) is 6.78. The van der Waals surface area contributed by atoms with Crippen molar-refractivity contribution in [2.75, 3.05) is 19.4 Å². The summed E-state index contributed by atoms with van der Waals surface area (Å²) in [6.45, 7) is 1.79. The number of aromatic amines is 1. The van der Waals surface area contributed by atoms with Gasteiger partial charge in [0, 0.05) is 37.6 Å². The van der Waals surface area contributed by atoms with Crippen molar-refractivity contribution in [1.29, 1.82) is 0 Å². The van der Waals surface area contributed by atoms with Crippen molar-refractivity contribution < 1.29 is 13.7 Å². The first-order chi connectivity index (χ1) is 15.0. The van der Waals surface area contributed by atoms with E-state index in [2.05, 4.69) is 35.7 Å². The van der Waals surface area contributed by atoms with E-state index in [0.717, 1.165) is 0 Å². The first kappa shape index (κ1) is 20.2. The number of nitrogens with zero attached hydrogens (tertiary/aromatic N) is 4. The topological polar surface area (TPSA) is 121 Å². The lowest BCUT2D eigenvalue weighted by Gasteiger charge is -2.12. The minimum atomic E-state index is -0.374. The summed E-state index contributed by atoms with van der Waals surface area (Å²) >= 11 is 0. The van der Waals surface area contributed by atoms with Crippen LogP contribution in [0.4, 0.5) is 10.1 Å². The summed E-state index contributed by atoms with van der Waals surface area (Å²) in [5.41, 5.74) is 3.39. The Balaban J connectivity index is 1.70. The molecule has 9 nitrogen and oxygen atoms in total. The monoisotopic (exact) mass is 421 g/mol. The van der Waals surface area contributed by atoms with Crippen molar-refractivity contribution in [3.63, 3.8) is 0 Å². The van der Waals surface area contributed by atoms with E-state index >= 15 is 0 Å². The molecule has 0 aliphatic rings. The highest BCUT2D eigenvalue weighted by molar-refractivity contribution is 6.15. The number of anilines is 1. The van der Waals surface area contributed by atoms with Crippen LogP contribution in [0.25, 0.3) is 11.2 Å². The van der Waals surface area contributed by atoms with Gasteiger partial charge in [0.25, 0.3) is 5.91 Å². The van der Waals surface area contributed by atoms with E-state index in [1.54, 1.807) is 45.5 Å². The summed E-state index contributed by atoms with van der Waals surface area (Å²) in [7, 11) is 3.32. The van der Waals surface area contributed by atoms with Crippen LogP contribution in [0, 0.1) is 5.82 Å². The Hall–Kier alpha value is -4.08. The molecule has 1 atom stereocenters. The van der Waals surface area contributed by atoms with Crippen LogP contribution in [0.5, 0.6) is 0 Å². The minimum absolute atomic E-state index is 0.333. The molecule has 0 aliphatic heterocycles. The predicted molar refractivity (Wildman–Crippen MR) is 114 cm³/mol. The molecular formula is C21H20FN7O2. The van der Waals surface area contributed by atoms with Gasteiger partial charge < -0.3 is 20.1 Å². The molecule has 3 heterocycles. The molecule has 4 aromatic rings. The standard InChI is InChI=1S/C21H20FN7O2/c1-11(17-6-7-27-31-17)28-21(30)14-9-25-20-19(14)29-16(10-26-20)18(24-3)13-5-4-12(22)8-15(13)23-2/h4-11,23H,1-3H3,(H,25,26)(H,28,30). The van der Waals surface area contributed by atoms with Crippen LogP contribution in [-0.2, 0) is 0 Å². The molecule has 1 aromatic carbocycles. The van der Waals surface area contributed by atoms with Gasteiger partial charge in [0.05, 0.1) is 29.7 Å². The van der Waals surface area contributed by atoms with E-state index in [-0.39, 0.29) is 17.8 Å². The van der Waals surface area contributed by atoms with Crippen molar-refractivity contribution in [1.82, 2.24) is 25.4 Å². The third-order valence-corrected chi connectivity index (χ3v) is 4.83. The first-order valence-electron chi connectivity index (χ1n) is 9.52. The minimum Gasteiger partial charge on any atom is -0.387 e. The first-order valence-corrected chi connectivity index (χ1v) is 9.52. The van der Waals surface area contributed by atoms with Crippen molar-refractivity contribution >= 4 is 28.5 Å². The number of hydrogen-bond donors (Lipinski definition) is 3. The molecule has 0 saturated carbocycles. The van der Waals surface area contributed by atoms with Crippen LogP contribution in [0.2, 0.25) is 0 Å². The van der Waals surface area contributed by atoms with Gasteiger partial charge in [-0.1, -0.05) is 5.16 Å². The van der Waals surface area contributed by atoms with Crippen LogP contribution in [0.1, 0.15) is 40.3 Å². The molecular weight excluding hydrogens is 401 g/mol. The molecule has 0 aliphatic carbocycles. The Morgan fingerprint density at radius 2 is 2.13 bits per heavy atom. The van der Waals surface area contributed by atoms with Gasteiger partial charge in [0.2, 0.25) is 0 Å². The maximum atomic E-state index is 13.7. The molecule has 0 fully saturated rings. The van der Waals surface area contributed by atoms with Gasteiger partial charge in [-0.25, -0.2) is 14.4 Å². The number of fused-ring (bicyclic) bond motifs is 1. The van der Waals surface area contributed by atoms with E-state index < -0.39 is 0 Å². The molecule has 31 heavy (non-hydrogen) atoms. The van der Waals surface area contributed by atoms with Crippen molar-refractivity contribution in [2.45, 2.75) is 13.0 Å². The Morgan fingerprint density at radius 1 is 1.29 bits per heavy atom. The summed E-state index contributed by atoms with van der Waals surface area (Å²) < 4.78 is 18.7. The fraction of sp³-hybridized carbons (Fsp3) is 0.190. The number of aromatic nitrogens is 4. The number of halogens is 1. The maximum absolute atomic E-state index is 13.7. The van der Waals surface area contributed by atoms with Crippen LogP contribution >= 0.6 is 0 Å². The summed E-state index contributed by atoms with van der Waals surface area (Å²) in [6, 6.07) is 5.67. The largest absolute Gasteiger partial charge is 0.387 e. The SMILES string of the molecule is CN=C(c1cnc2[nH]cc(C(=O)NC(C)c3ccno3)c2n1)c1ccc(F)cc1NC. The van der Waals surface area contributed by atoms with Crippen LogP contribution in [-0.4, -0.2) is 45.8 Å². The van der Waals surface area contributed by atoms with Crippen molar-refractivity contribution in [3.05, 3.63) is 71.3 Å². The average Bonchev–Trinajstić information content (AvgIpc) is 3.45. The molecule has 158 valence electrons. The average molecular weight is 421 g/mol. The molecule has 0 spiro atoms. The quantitative estimate of drug-likeness (QED) is 0.412. The van der Waals surface area contributed by atoms with Gasteiger partial charge in [0.15, 0.2) is 11.4 Å². The molecule has 10 heteroatoms. The zero-order chi connectivity index (χ0) is 22.0. The van der Waals surface area contributed by atoms with Crippen LogP contribution in [0.15, 0.2) is 52.4 Å². The molecule has 1 amide bonds. The van der Waals surface area contributed by atoms with Crippen LogP contribution in [0.3, 0.4) is 0 Å². The zero-order valence-corrected chi connectivity index (χ0v) is 17.1. The highest BCUT2D eigenvalue weighted by Gasteiger charge is 2.20. The molecule has 3 N–H and O–H groups in total. The van der Waals surface area contributed by atoms with E-state index in [1.165, 1.54) is 18.3 Å². The van der Waals surface area contributed by atoms with E-state index in [9.17, 15) is 9.18 Å². The zero-order valence-electron chi connectivity index (χ0n) is 17.1. The molecule has 4 rings (SSSR count). The molecule has 0 saturated heterocycles. The number of hydrogen-bond acceptors (Lipinski definition) is 7. The lowest BCUT2D eigenvalue weighted by molar-refractivity contribution is 0.0935. The fourth-order valence-electron chi connectivity index (χ4n) is 3.28. The summed E-state index contributed by atoms with van der Waals surface area (Å²) in [5, 5.41) is 9.47. The predicted octanol–water partition coefficient (Wildman–Crippen LogP) is 3.08. The number of carbonyl (C=O) groups is 1. The molecule has 1 unspecified atom stereocenters. The second kappa shape index (κ2) is 8.34. The summed E-state index contributed by atoms with van der Waals surface area (Å²) in [4.78, 5) is 29.1. The number of amides is 1. The number of carbonyl (C=O) groups excluding carboxylic acids is 1. The van der Waals surface area contributed by atoms with E-state index in [1.807, 2.05) is 0 Å². The Bertz CT molecular complexity index is 1260. The molecule has 0 bridgehead atoms. The smallest absolute Gasteiger partial charge is 0.255 e.